The number of nitrogens with one attached hydrogen (secondary N) is 1. The summed E-state index contributed by atoms with van der Waals surface area (Å²) in [6.07, 6.45) is 6.83. The molecule has 1 aliphatic carbocycles. The van der Waals surface area contributed by atoms with Gasteiger partial charge < -0.3 is 10.2 Å². The van der Waals surface area contributed by atoms with Crippen molar-refractivity contribution in [2.75, 3.05) is 19.6 Å². The van der Waals surface area contributed by atoms with E-state index in [1.807, 2.05) is 0 Å². The van der Waals surface area contributed by atoms with Gasteiger partial charge in [-0.05, 0) is 32.2 Å². The molecule has 1 heterocycles. The average molecular weight is 238 g/mol. The molecule has 1 saturated carbocycles. The molecule has 0 bridgehead atoms. The monoisotopic (exact) mass is 238 g/mol. The van der Waals surface area contributed by atoms with E-state index in [0.29, 0.717) is 11.9 Å². The Morgan fingerprint density at radius 3 is 2.65 bits per heavy atom. The molecule has 1 N–H and O–H groups in total. The Bertz CT molecular complexity index is 265. The molecule has 1 atom stereocenters. The van der Waals surface area contributed by atoms with Gasteiger partial charge in [-0.3, -0.25) is 4.79 Å². The van der Waals surface area contributed by atoms with Crippen molar-refractivity contribution in [1.29, 1.82) is 0 Å². The van der Waals surface area contributed by atoms with Crippen molar-refractivity contribution in [1.82, 2.24) is 10.2 Å². The van der Waals surface area contributed by atoms with E-state index in [1.54, 1.807) is 0 Å². The molecule has 1 aliphatic heterocycles. The molecule has 1 saturated heterocycles. The lowest BCUT2D eigenvalue weighted by molar-refractivity contribution is -0.143. The first-order valence-electron chi connectivity index (χ1n) is 7.19. The topological polar surface area (TPSA) is 32.3 Å². The largest absolute Gasteiger partial charge is 0.338 e. The standard InChI is InChI=1S/C14H26N2O/c1-3-10-16(12-6-9-15-11-12)13(17)14(2)7-4-5-8-14/h12,15H,3-11H2,1-2H3. The van der Waals surface area contributed by atoms with Crippen LogP contribution in [0.4, 0.5) is 0 Å². The maximum Gasteiger partial charge on any atom is 0.228 e. The first-order valence-corrected chi connectivity index (χ1v) is 7.19. The van der Waals surface area contributed by atoms with Gasteiger partial charge in [0.15, 0.2) is 0 Å². The van der Waals surface area contributed by atoms with Crippen LogP contribution in [0.25, 0.3) is 0 Å². The van der Waals surface area contributed by atoms with Gasteiger partial charge in [0.05, 0.1) is 0 Å². The second-order valence-corrected chi connectivity index (χ2v) is 5.91. The SMILES string of the molecule is CCCN(C(=O)C1(C)CCCC1)C1CCNC1. The highest BCUT2D eigenvalue weighted by atomic mass is 16.2. The molecule has 2 aliphatic rings. The minimum atomic E-state index is -0.0578. The van der Waals surface area contributed by atoms with Gasteiger partial charge >= 0.3 is 0 Å². The lowest BCUT2D eigenvalue weighted by atomic mass is 9.86. The van der Waals surface area contributed by atoms with Crippen molar-refractivity contribution in [2.45, 2.75) is 58.4 Å². The molecule has 0 aromatic heterocycles. The van der Waals surface area contributed by atoms with Gasteiger partial charge in [-0.15, -0.1) is 0 Å². The number of nitrogens with zero attached hydrogens (tertiary/aromatic N) is 1. The molecular weight excluding hydrogens is 212 g/mol. The summed E-state index contributed by atoms with van der Waals surface area (Å²) in [5.74, 6) is 0.422. The first-order chi connectivity index (χ1) is 8.17. The van der Waals surface area contributed by atoms with Gasteiger partial charge in [0.25, 0.3) is 0 Å². The van der Waals surface area contributed by atoms with Crippen LogP contribution in [0.1, 0.15) is 52.4 Å². The van der Waals surface area contributed by atoms with E-state index < -0.39 is 0 Å². The molecule has 1 unspecified atom stereocenters. The fourth-order valence-electron chi connectivity index (χ4n) is 3.31. The minimum absolute atomic E-state index is 0.0578. The Kier molecular flexibility index (Phi) is 4.08. The predicted molar refractivity (Wildman–Crippen MR) is 69.9 cm³/mol. The second-order valence-electron chi connectivity index (χ2n) is 5.91. The molecular formula is C14H26N2O. The van der Waals surface area contributed by atoms with Gasteiger partial charge in [0.2, 0.25) is 5.91 Å². The van der Waals surface area contributed by atoms with Crippen molar-refractivity contribution in [3.05, 3.63) is 0 Å². The van der Waals surface area contributed by atoms with E-state index in [9.17, 15) is 4.79 Å². The Labute approximate surface area is 105 Å². The highest BCUT2D eigenvalue weighted by Crippen LogP contribution is 2.39. The van der Waals surface area contributed by atoms with Crippen LogP contribution in [0.5, 0.6) is 0 Å². The van der Waals surface area contributed by atoms with Crippen LogP contribution in [0, 0.1) is 5.41 Å². The molecule has 3 heteroatoms. The number of hydrogen-bond donors (Lipinski definition) is 1. The third kappa shape index (κ3) is 2.65. The van der Waals surface area contributed by atoms with Crippen LogP contribution in [0.3, 0.4) is 0 Å². The summed E-state index contributed by atoms with van der Waals surface area (Å²) in [4.78, 5) is 14.9. The molecule has 2 fully saturated rings. The zero-order valence-corrected chi connectivity index (χ0v) is 11.3. The van der Waals surface area contributed by atoms with E-state index in [2.05, 4.69) is 24.1 Å². The highest BCUT2D eigenvalue weighted by Gasteiger charge is 2.41. The minimum Gasteiger partial charge on any atom is -0.338 e. The fraction of sp³-hybridized carbons (Fsp3) is 0.929. The molecule has 98 valence electrons. The summed E-state index contributed by atoms with van der Waals surface area (Å²) in [7, 11) is 0. The van der Waals surface area contributed by atoms with Crippen LogP contribution < -0.4 is 5.32 Å². The van der Waals surface area contributed by atoms with Crippen LogP contribution >= 0.6 is 0 Å². The zero-order chi connectivity index (χ0) is 12.3. The Morgan fingerprint density at radius 2 is 2.12 bits per heavy atom. The smallest absolute Gasteiger partial charge is 0.228 e. The Hall–Kier alpha value is -0.570. The highest BCUT2D eigenvalue weighted by molar-refractivity contribution is 5.83. The van der Waals surface area contributed by atoms with Gasteiger partial charge in [-0.2, -0.15) is 0 Å². The van der Waals surface area contributed by atoms with E-state index in [1.165, 1.54) is 12.8 Å². The summed E-state index contributed by atoms with van der Waals surface area (Å²) in [6, 6.07) is 0.444. The zero-order valence-electron chi connectivity index (χ0n) is 11.3. The molecule has 2 rings (SSSR count). The van der Waals surface area contributed by atoms with Crippen molar-refractivity contribution in [3.63, 3.8) is 0 Å². The van der Waals surface area contributed by atoms with E-state index in [-0.39, 0.29) is 5.41 Å². The third-order valence-electron chi connectivity index (χ3n) is 4.42. The Morgan fingerprint density at radius 1 is 1.41 bits per heavy atom. The van der Waals surface area contributed by atoms with Crippen LogP contribution in [-0.4, -0.2) is 36.5 Å². The lowest BCUT2D eigenvalue weighted by Gasteiger charge is -2.35. The molecule has 0 radical (unpaired) electrons. The second kappa shape index (κ2) is 5.38. The van der Waals surface area contributed by atoms with Crippen molar-refractivity contribution < 1.29 is 4.79 Å². The van der Waals surface area contributed by atoms with Crippen LogP contribution in [0.15, 0.2) is 0 Å². The fourth-order valence-corrected chi connectivity index (χ4v) is 3.31. The van der Waals surface area contributed by atoms with Crippen LogP contribution in [0.2, 0.25) is 0 Å². The lowest BCUT2D eigenvalue weighted by Crippen LogP contribution is -2.48. The Balaban J connectivity index is 2.06. The average Bonchev–Trinajstić information content (AvgIpc) is 2.96. The third-order valence-corrected chi connectivity index (χ3v) is 4.42. The van der Waals surface area contributed by atoms with Crippen LogP contribution in [-0.2, 0) is 4.79 Å². The summed E-state index contributed by atoms with van der Waals surface area (Å²) < 4.78 is 0. The number of carbonyl (C=O) groups is 1. The van der Waals surface area contributed by atoms with E-state index in [0.717, 1.165) is 45.3 Å². The maximum atomic E-state index is 12.7. The quantitative estimate of drug-likeness (QED) is 0.814. The van der Waals surface area contributed by atoms with E-state index >= 15 is 0 Å². The summed E-state index contributed by atoms with van der Waals surface area (Å²) in [5, 5.41) is 3.38. The normalized spacial score (nSPS) is 27.3. The van der Waals surface area contributed by atoms with Gasteiger partial charge in [-0.25, -0.2) is 0 Å². The first kappa shape index (κ1) is 12.9. The van der Waals surface area contributed by atoms with Crippen molar-refractivity contribution in [3.8, 4) is 0 Å². The van der Waals surface area contributed by atoms with E-state index in [4.69, 9.17) is 0 Å². The van der Waals surface area contributed by atoms with Gasteiger partial charge in [0.1, 0.15) is 0 Å². The van der Waals surface area contributed by atoms with Crippen molar-refractivity contribution >= 4 is 5.91 Å². The van der Waals surface area contributed by atoms with Gasteiger partial charge in [-0.1, -0.05) is 26.7 Å². The molecule has 0 aromatic rings. The number of carbonyl (C=O) groups excluding carboxylic acids is 1. The maximum absolute atomic E-state index is 12.7. The summed E-state index contributed by atoms with van der Waals surface area (Å²) >= 11 is 0. The molecule has 1 amide bonds. The number of rotatable bonds is 4. The number of hydrogen-bond acceptors (Lipinski definition) is 2. The summed E-state index contributed by atoms with van der Waals surface area (Å²) in [5.41, 5.74) is -0.0578. The molecule has 0 spiro atoms. The summed E-state index contributed by atoms with van der Waals surface area (Å²) in [6.45, 7) is 7.32. The molecule has 0 aromatic carbocycles. The molecule has 17 heavy (non-hydrogen) atoms. The van der Waals surface area contributed by atoms with Gasteiger partial charge in [0, 0.05) is 24.5 Å². The predicted octanol–water partition coefficient (Wildman–Crippen LogP) is 2.17. The number of amides is 1. The van der Waals surface area contributed by atoms with Crippen molar-refractivity contribution in [2.24, 2.45) is 5.41 Å². The molecule has 3 nitrogen and oxygen atoms in total.